The molecule has 1 aromatic carbocycles. The van der Waals surface area contributed by atoms with Crippen molar-refractivity contribution in [1.82, 2.24) is 4.98 Å². The second kappa shape index (κ2) is 8.12. The van der Waals surface area contributed by atoms with Crippen molar-refractivity contribution < 1.29 is 0 Å². The number of nitrogens with zero attached hydrogens (tertiary/aromatic N) is 2. The van der Waals surface area contributed by atoms with Gasteiger partial charge >= 0.3 is 0 Å². The predicted octanol–water partition coefficient (Wildman–Crippen LogP) is 3.62. The summed E-state index contributed by atoms with van der Waals surface area (Å²) in [6.07, 6.45) is 4.32. The van der Waals surface area contributed by atoms with Crippen molar-refractivity contribution in [1.29, 1.82) is 0 Å². The Morgan fingerprint density at radius 2 is 1.91 bits per heavy atom. The molecular weight excluding hydrogens is 387 g/mol. The summed E-state index contributed by atoms with van der Waals surface area (Å²) in [6.45, 7) is 0.723. The van der Waals surface area contributed by atoms with E-state index in [-0.39, 0.29) is 24.0 Å². The Morgan fingerprint density at radius 1 is 1.18 bits per heavy atom. The zero-order valence-corrected chi connectivity index (χ0v) is 14.7. The van der Waals surface area contributed by atoms with Crippen molar-refractivity contribution in [2.75, 3.05) is 11.9 Å². The number of aliphatic imine (C=N–C) groups is 1. The number of hydrogen-bond donors (Lipinski definition) is 2. The third kappa shape index (κ3) is 4.69. The Bertz CT molecular complexity index is 597. The Balaban J connectivity index is 0.00000176. The van der Waals surface area contributed by atoms with Gasteiger partial charge in [-0.25, -0.2) is 4.98 Å². The molecule has 5 heteroatoms. The molecule has 1 heterocycles. The lowest BCUT2D eigenvalue weighted by molar-refractivity contribution is 0.617. The summed E-state index contributed by atoms with van der Waals surface area (Å²) < 4.78 is 0. The van der Waals surface area contributed by atoms with E-state index in [2.05, 4.69) is 39.6 Å². The Kier molecular flexibility index (Phi) is 6.18. The fourth-order valence-corrected chi connectivity index (χ4v) is 2.53. The maximum Gasteiger partial charge on any atom is 0.194 e. The van der Waals surface area contributed by atoms with Crippen LogP contribution in [-0.2, 0) is 0 Å². The van der Waals surface area contributed by atoms with E-state index in [1.165, 1.54) is 18.4 Å². The summed E-state index contributed by atoms with van der Waals surface area (Å²) in [5.74, 6) is 2.37. The minimum absolute atomic E-state index is 0. The summed E-state index contributed by atoms with van der Waals surface area (Å²) in [5.41, 5.74) is 7.31. The first-order valence-electron chi connectivity index (χ1n) is 7.36. The van der Waals surface area contributed by atoms with Crippen LogP contribution >= 0.6 is 24.0 Å². The van der Waals surface area contributed by atoms with Crippen LogP contribution in [0.5, 0.6) is 0 Å². The zero-order chi connectivity index (χ0) is 14.5. The van der Waals surface area contributed by atoms with Gasteiger partial charge in [0.25, 0.3) is 0 Å². The molecular formula is C17H21IN4. The highest BCUT2D eigenvalue weighted by atomic mass is 127. The van der Waals surface area contributed by atoms with E-state index in [9.17, 15) is 0 Å². The quantitative estimate of drug-likeness (QED) is 0.451. The van der Waals surface area contributed by atoms with Gasteiger partial charge in [-0.15, -0.1) is 24.0 Å². The van der Waals surface area contributed by atoms with Gasteiger partial charge in [-0.2, -0.15) is 0 Å². The van der Waals surface area contributed by atoms with E-state index in [4.69, 9.17) is 5.73 Å². The van der Waals surface area contributed by atoms with E-state index in [0.29, 0.717) is 11.9 Å². The topological polar surface area (TPSA) is 63.3 Å². The number of hydrogen-bond acceptors (Lipinski definition) is 2. The fourth-order valence-electron chi connectivity index (χ4n) is 2.53. The standard InChI is InChI=1S/C17H20N4.HI/c18-17(21-16-8-4-5-11-19-16)20-12-15(14-9-10-14)13-6-2-1-3-7-13;/h1-8,11,14-15H,9-10,12H2,(H3,18,19,20,21);1H. The Morgan fingerprint density at radius 3 is 2.55 bits per heavy atom. The van der Waals surface area contributed by atoms with Gasteiger partial charge in [0.05, 0.1) is 0 Å². The van der Waals surface area contributed by atoms with Gasteiger partial charge in [-0.1, -0.05) is 36.4 Å². The summed E-state index contributed by atoms with van der Waals surface area (Å²) in [6, 6.07) is 16.2. The number of anilines is 1. The van der Waals surface area contributed by atoms with Crippen LogP contribution in [0.4, 0.5) is 5.82 Å². The molecule has 0 amide bonds. The molecule has 1 aliphatic rings. The third-order valence-corrected chi connectivity index (χ3v) is 3.80. The molecule has 1 fully saturated rings. The average Bonchev–Trinajstić information content (AvgIpc) is 3.34. The van der Waals surface area contributed by atoms with Crippen LogP contribution in [0.3, 0.4) is 0 Å². The van der Waals surface area contributed by atoms with E-state index in [0.717, 1.165) is 18.3 Å². The van der Waals surface area contributed by atoms with Crippen LogP contribution in [0.15, 0.2) is 59.7 Å². The summed E-state index contributed by atoms with van der Waals surface area (Å²) in [4.78, 5) is 8.68. The summed E-state index contributed by atoms with van der Waals surface area (Å²) in [5, 5.41) is 3.02. The molecule has 116 valence electrons. The lowest BCUT2D eigenvalue weighted by Gasteiger charge is -2.14. The number of pyridine rings is 1. The summed E-state index contributed by atoms with van der Waals surface area (Å²) in [7, 11) is 0. The first kappa shape index (κ1) is 16.7. The molecule has 1 saturated carbocycles. The van der Waals surface area contributed by atoms with Crippen molar-refractivity contribution >= 4 is 35.8 Å². The minimum Gasteiger partial charge on any atom is -0.370 e. The van der Waals surface area contributed by atoms with Gasteiger partial charge in [0.2, 0.25) is 0 Å². The lowest BCUT2D eigenvalue weighted by Crippen LogP contribution is -2.24. The van der Waals surface area contributed by atoms with Crippen molar-refractivity contribution in [3.8, 4) is 0 Å². The molecule has 1 aliphatic carbocycles. The molecule has 0 aliphatic heterocycles. The van der Waals surface area contributed by atoms with Crippen molar-refractivity contribution in [2.45, 2.75) is 18.8 Å². The van der Waals surface area contributed by atoms with E-state index < -0.39 is 0 Å². The normalized spacial score (nSPS) is 15.7. The van der Waals surface area contributed by atoms with E-state index in [1.54, 1.807) is 6.20 Å². The molecule has 1 unspecified atom stereocenters. The number of rotatable bonds is 5. The Hall–Kier alpha value is -1.63. The van der Waals surface area contributed by atoms with Crippen LogP contribution < -0.4 is 11.1 Å². The highest BCUT2D eigenvalue weighted by Gasteiger charge is 2.31. The Labute approximate surface area is 148 Å². The van der Waals surface area contributed by atoms with Gasteiger partial charge in [-0.3, -0.25) is 4.99 Å². The maximum absolute atomic E-state index is 5.95. The van der Waals surface area contributed by atoms with Crippen LogP contribution in [0.1, 0.15) is 24.3 Å². The fraction of sp³-hybridized carbons (Fsp3) is 0.294. The van der Waals surface area contributed by atoms with Crippen LogP contribution in [-0.4, -0.2) is 17.5 Å². The SMILES string of the molecule is I.NC(=NCC(c1ccccc1)C1CC1)Nc1ccccn1. The van der Waals surface area contributed by atoms with Crippen LogP contribution in [0.25, 0.3) is 0 Å². The van der Waals surface area contributed by atoms with Gasteiger partial charge in [-0.05, 0) is 36.5 Å². The molecule has 0 radical (unpaired) electrons. The van der Waals surface area contributed by atoms with Gasteiger partial charge in [0.1, 0.15) is 5.82 Å². The van der Waals surface area contributed by atoms with E-state index >= 15 is 0 Å². The zero-order valence-electron chi connectivity index (χ0n) is 12.4. The molecule has 22 heavy (non-hydrogen) atoms. The first-order chi connectivity index (χ1) is 10.3. The predicted molar refractivity (Wildman–Crippen MR) is 102 cm³/mol. The molecule has 1 atom stereocenters. The maximum atomic E-state index is 5.95. The molecule has 0 spiro atoms. The first-order valence-corrected chi connectivity index (χ1v) is 7.36. The molecule has 0 saturated heterocycles. The number of nitrogens with one attached hydrogen (secondary N) is 1. The monoisotopic (exact) mass is 408 g/mol. The third-order valence-electron chi connectivity index (χ3n) is 3.80. The number of benzene rings is 1. The van der Waals surface area contributed by atoms with Crippen molar-refractivity contribution in [3.05, 3.63) is 60.3 Å². The second-order valence-electron chi connectivity index (χ2n) is 5.42. The van der Waals surface area contributed by atoms with E-state index in [1.807, 2.05) is 24.3 Å². The average molecular weight is 408 g/mol. The smallest absolute Gasteiger partial charge is 0.194 e. The number of nitrogens with two attached hydrogens (primary N) is 1. The number of aromatic nitrogens is 1. The number of guanidine groups is 1. The van der Waals surface area contributed by atoms with Gasteiger partial charge in [0, 0.05) is 18.7 Å². The molecule has 4 nitrogen and oxygen atoms in total. The highest BCUT2D eigenvalue weighted by molar-refractivity contribution is 14.0. The largest absolute Gasteiger partial charge is 0.370 e. The molecule has 3 rings (SSSR count). The highest BCUT2D eigenvalue weighted by Crippen LogP contribution is 2.42. The van der Waals surface area contributed by atoms with Gasteiger partial charge < -0.3 is 11.1 Å². The van der Waals surface area contributed by atoms with Crippen molar-refractivity contribution in [2.24, 2.45) is 16.6 Å². The second-order valence-corrected chi connectivity index (χ2v) is 5.42. The van der Waals surface area contributed by atoms with Gasteiger partial charge in [0.15, 0.2) is 5.96 Å². The minimum atomic E-state index is 0. The molecule has 0 bridgehead atoms. The lowest BCUT2D eigenvalue weighted by atomic mass is 9.94. The van der Waals surface area contributed by atoms with Crippen molar-refractivity contribution in [3.63, 3.8) is 0 Å². The molecule has 2 aromatic rings. The van der Waals surface area contributed by atoms with Crippen LogP contribution in [0, 0.1) is 5.92 Å². The van der Waals surface area contributed by atoms with Crippen LogP contribution in [0.2, 0.25) is 0 Å². The summed E-state index contributed by atoms with van der Waals surface area (Å²) >= 11 is 0. The molecule has 3 N–H and O–H groups in total. The molecule has 1 aromatic heterocycles. The number of halogens is 1.